The third kappa shape index (κ3) is 1.69. The fraction of sp³-hybridized carbons (Fsp3) is 0.364. The summed E-state index contributed by atoms with van der Waals surface area (Å²) >= 11 is 6.01. The fourth-order valence-corrected chi connectivity index (χ4v) is 1.92. The molecule has 1 aliphatic rings. The number of aryl methyl sites for hydroxylation is 1. The van der Waals surface area contributed by atoms with Gasteiger partial charge in [0.05, 0.1) is 0 Å². The summed E-state index contributed by atoms with van der Waals surface area (Å²) in [4.78, 5) is 8.78. The van der Waals surface area contributed by atoms with Crippen molar-refractivity contribution in [2.45, 2.75) is 18.8 Å². The van der Waals surface area contributed by atoms with Crippen LogP contribution in [0.3, 0.4) is 0 Å². The van der Waals surface area contributed by atoms with Crippen molar-refractivity contribution in [3.63, 3.8) is 0 Å². The molecule has 0 N–H and O–H groups in total. The van der Waals surface area contributed by atoms with E-state index in [0.29, 0.717) is 16.9 Å². The van der Waals surface area contributed by atoms with Crippen molar-refractivity contribution in [2.24, 2.45) is 7.05 Å². The largest absolute Gasteiger partial charge is 0.265 e. The quantitative estimate of drug-likeness (QED) is 0.750. The molecule has 0 unspecified atom stereocenters. The van der Waals surface area contributed by atoms with E-state index >= 15 is 0 Å². The van der Waals surface area contributed by atoms with Crippen molar-refractivity contribution in [3.05, 3.63) is 29.2 Å². The summed E-state index contributed by atoms with van der Waals surface area (Å²) in [6.07, 6.45) is 4.15. The van der Waals surface area contributed by atoms with E-state index in [9.17, 15) is 0 Å². The summed E-state index contributed by atoms with van der Waals surface area (Å²) in [5.74, 6) is 1.24. The molecular formula is C11H11ClN4. The van der Waals surface area contributed by atoms with Crippen LogP contribution < -0.4 is 0 Å². The van der Waals surface area contributed by atoms with Gasteiger partial charge in [-0.05, 0) is 25.0 Å². The second-order valence-electron chi connectivity index (χ2n) is 4.05. The lowest BCUT2D eigenvalue weighted by Gasteiger charge is -2.04. The third-order valence-electron chi connectivity index (χ3n) is 2.76. The smallest absolute Gasteiger partial charge is 0.179 e. The van der Waals surface area contributed by atoms with E-state index in [1.165, 1.54) is 12.8 Å². The van der Waals surface area contributed by atoms with Crippen molar-refractivity contribution in [2.75, 3.05) is 0 Å². The lowest BCUT2D eigenvalue weighted by molar-refractivity contribution is 0.768. The van der Waals surface area contributed by atoms with E-state index in [1.54, 1.807) is 10.9 Å². The van der Waals surface area contributed by atoms with Gasteiger partial charge in [0.25, 0.3) is 0 Å². The van der Waals surface area contributed by atoms with Gasteiger partial charge < -0.3 is 0 Å². The molecular weight excluding hydrogens is 224 g/mol. The second kappa shape index (κ2) is 3.56. The SMILES string of the molecule is Cn1nccc1-c1nc(Cl)cc(C2CC2)n1. The molecule has 1 fully saturated rings. The molecule has 82 valence electrons. The first kappa shape index (κ1) is 9.78. The Hall–Kier alpha value is -1.42. The van der Waals surface area contributed by atoms with E-state index in [-0.39, 0.29) is 0 Å². The first-order valence-corrected chi connectivity index (χ1v) is 5.64. The minimum atomic E-state index is 0.508. The van der Waals surface area contributed by atoms with Crippen LogP contribution in [0, 0.1) is 0 Å². The summed E-state index contributed by atoms with van der Waals surface area (Å²) in [6, 6.07) is 3.75. The molecule has 2 aromatic heterocycles. The van der Waals surface area contributed by atoms with Crippen LogP contribution in [0.2, 0.25) is 5.15 Å². The number of nitrogens with zero attached hydrogens (tertiary/aromatic N) is 4. The van der Waals surface area contributed by atoms with Gasteiger partial charge in [-0.25, -0.2) is 9.97 Å². The van der Waals surface area contributed by atoms with E-state index < -0.39 is 0 Å². The number of aromatic nitrogens is 4. The molecule has 0 aromatic carbocycles. The molecule has 4 nitrogen and oxygen atoms in total. The Labute approximate surface area is 98.3 Å². The van der Waals surface area contributed by atoms with Crippen LogP contribution in [0.4, 0.5) is 0 Å². The maximum absolute atomic E-state index is 6.01. The van der Waals surface area contributed by atoms with Crippen molar-refractivity contribution < 1.29 is 0 Å². The van der Waals surface area contributed by atoms with Gasteiger partial charge in [0.15, 0.2) is 5.82 Å². The Kier molecular flexibility index (Phi) is 2.17. The third-order valence-corrected chi connectivity index (χ3v) is 2.95. The Bertz CT molecular complexity index is 531. The van der Waals surface area contributed by atoms with Crippen LogP contribution in [-0.4, -0.2) is 19.7 Å². The summed E-state index contributed by atoms with van der Waals surface area (Å²) in [7, 11) is 1.87. The van der Waals surface area contributed by atoms with E-state index in [1.807, 2.05) is 19.2 Å². The normalized spacial score (nSPS) is 15.4. The molecule has 0 spiro atoms. The zero-order valence-electron chi connectivity index (χ0n) is 8.89. The molecule has 5 heteroatoms. The van der Waals surface area contributed by atoms with Gasteiger partial charge in [0.2, 0.25) is 0 Å². The van der Waals surface area contributed by atoms with Crippen LogP contribution in [0.1, 0.15) is 24.5 Å². The highest BCUT2D eigenvalue weighted by atomic mass is 35.5. The summed E-state index contributed by atoms with van der Waals surface area (Å²) in [5.41, 5.74) is 1.95. The van der Waals surface area contributed by atoms with Crippen molar-refractivity contribution in [1.29, 1.82) is 0 Å². The van der Waals surface area contributed by atoms with E-state index in [0.717, 1.165) is 11.4 Å². The number of hydrogen-bond acceptors (Lipinski definition) is 3. The maximum Gasteiger partial charge on any atom is 0.179 e. The molecule has 3 rings (SSSR count). The van der Waals surface area contributed by atoms with Gasteiger partial charge in [-0.3, -0.25) is 4.68 Å². The Balaban J connectivity index is 2.10. The van der Waals surface area contributed by atoms with Gasteiger partial charge >= 0.3 is 0 Å². The minimum Gasteiger partial charge on any atom is -0.265 e. The number of hydrogen-bond donors (Lipinski definition) is 0. The van der Waals surface area contributed by atoms with Gasteiger partial charge in [0.1, 0.15) is 10.8 Å². The molecule has 0 radical (unpaired) electrons. The minimum absolute atomic E-state index is 0.508. The second-order valence-corrected chi connectivity index (χ2v) is 4.44. The van der Waals surface area contributed by atoms with Crippen LogP contribution in [0.5, 0.6) is 0 Å². The Morgan fingerprint density at radius 1 is 1.38 bits per heavy atom. The monoisotopic (exact) mass is 234 g/mol. The Morgan fingerprint density at radius 2 is 2.19 bits per heavy atom. The highest BCUT2D eigenvalue weighted by molar-refractivity contribution is 6.29. The van der Waals surface area contributed by atoms with Gasteiger partial charge in [-0.1, -0.05) is 11.6 Å². The molecule has 2 heterocycles. The lowest BCUT2D eigenvalue weighted by atomic mass is 10.2. The first-order valence-electron chi connectivity index (χ1n) is 5.27. The number of halogens is 1. The van der Waals surface area contributed by atoms with Crippen molar-refractivity contribution in [1.82, 2.24) is 19.7 Å². The summed E-state index contributed by atoms with van der Waals surface area (Å²) in [6.45, 7) is 0. The predicted octanol–water partition coefficient (Wildman–Crippen LogP) is 2.41. The zero-order valence-corrected chi connectivity index (χ0v) is 9.65. The van der Waals surface area contributed by atoms with Crippen LogP contribution >= 0.6 is 11.6 Å². The van der Waals surface area contributed by atoms with Gasteiger partial charge in [-0.2, -0.15) is 5.10 Å². The topological polar surface area (TPSA) is 43.6 Å². The molecule has 16 heavy (non-hydrogen) atoms. The fourth-order valence-electron chi connectivity index (χ4n) is 1.73. The van der Waals surface area contributed by atoms with Gasteiger partial charge in [-0.15, -0.1) is 0 Å². The highest BCUT2D eigenvalue weighted by Gasteiger charge is 2.26. The first-order chi connectivity index (χ1) is 7.74. The summed E-state index contributed by atoms with van der Waals surface area (Å²) in [5, 5.41) is 4.61. The molecule has 0 amide bonds. The number of rotatable bonds is 2. The average molecular weight is 235 g/mol. The molecule has 2 aromatic rings. The zero-order chi connectivity index (χ0) is 11.1. The molecule has 1 aliphatic carbocycles. The van der Waals surface area contributed by atoms with Crippen LogP contribution in [-0.2, 0) is 7.05 Å². The molecule has 1 saturated carbocycles. The predicted molar refractivity (Wildman–Crippen MR) is 61.2 cm³/mol. The molecule has 0 saturated heterocycles. The summed E-state index contributed by atoms with van der Waals surface area (Å²) < 4.78 is 1.75. The average Bonchev–Trinajstić information content (AvgIpc) is 3.01. The van der Waals surface area contributed by atoms with Crippen LogP contribution in [0.15, 0.2) is 18.3 Å². The highest BCUT2D eigenvalue weighted by Crippen LogP contribution is 2.40. The van der Waals surface area contributed by atoms with E-state index in [2.05, 4.69) is 15.1 Å². The molecule has 0 bridgehead atoms. The lowest BCUT2D eigenvalue weighted by Crippen LogP contribution is -2.00. The molecule has 0 aliphatic heterocycles. The van der Waals surface area contributed by atoms with Crippen molar-refractivity contribution >= 4 is 11.6 Å². The maximum atomic E-state index is 6.01. The van der Waals surface area contributed by atoms with Gasteiger partial charge in [0, 0.05) is 24.9 Å². The van der Waals surface area contributed by atoms with Crippen LogP contribution in [0.25, 0.3) is 11.5 Å². The Morgan fingerprint density at radius 3 is 2.81 bits per heavy atom. The standard InChI is InChI=1S/C11H11ClN4/c1-16-9(4-5-13-16)11-14-8(7-2-3-7)6-10(12)15-11/h4-7H,2-3H2,1H3. The van der Waals surface area contributed by atoms with Crippen molar-refractivity contribution in [3.8, 4) is 11.5 Å². The van der Waals surface area contributed by atoms with E-state index in [4.69, 9.17) is 11.6 Å². The molecule has 0 atom stereocenters.